The maximum Gasteiger partial charge on any atom is 0.314 e. The van der Waals surface area contributed by atoms with Crippen LogP contribution in [0.15, 0.2) is 0 Å². The van der Waals surface area contributed by atoms with Crippen LogP contribution in [-0.2, 0) is 9.53 Å². The zero-order valence-electron chi connectivity index (χ0n) is 10.3. The highest BCUT2D eigenvalue weighted by atomic mass is 16.5. The first-order valence-corrected chi connectivity index (χ1v) is 5.79. The van der Waals surface area contributed by atoms with Crippen LogP contribution in [0.3, 0.4) is 0 Å². The molecular weight excluding hydrogens is 224 g/mol. The van der Waals surface area contributed by atoms with E-state index in [0.29, 0.717) is 6.54 Å². The number of urea groups is 1. The highest BCUT2D eigenvalue weighted by molar-refractivity contribution is 5.75. The summed E-state index contributed by atoms with van der Waals surface area (Å²) >= 11 is 0. The van der Waals surface area contributed by atoms with E-state index in [2.05, 4.69) is 10.6 Å². The molecule has 17 heavy (non-hydrogen) atoms. The number of hydrogen-bond acceptors (Lipinski definition) is 3. The molecule has 0 saturated heterocycles. The molecule has 0 aromatic heterocycles. The largest absolute Gasteiger partial charge is 0.481 e. The first-order valence-electron chi connectivity index (χ1n) is 5.79. The van der Waals surface area contributed by atoms with Gasteiger partial charge in [0.15, 0.2) is 0 Å². The van der Waals surface area contributed by atoms with Crippen molar-refractivity contribution < 1.29 is 19.4 Å². The fraction of sp³-hybridized carbons (Fsp3) is 0.818. The van der Waals surface area contributed by atoms with E-state index in [-0.39, 0.29) is 18.2 Å². The van der Waals surface area contributed by atoms with Gasteiger partial charge in [-0.3, -0.25) is 4.79 Å². The first kappa shape index (κ1) is 13.8. The molecule has 0 aliphatic heterocycles. The molecule has 1 aliphatic rings. The fourth-order valence-electron chi connectivity index (χ4n) is 1.66. The molecule has 0 heterocycles. The van der Waals surface area contributed by atoms with Gasteiger partial charge in [-0.05, 0) is 19.3 Å². The second-order valence-electron chi connectivity index (χ2n) is 4.54. The third-order valence-corrected chi connectivity index (χ3v) is 3.26. The second kappa shape index (κ2) is 5.86. The number of amides is 2. The number of nitrogens with one attached hydrogen (secondary N) is 2. The summed E-state index contributed by atoms with van der Waals surface area (Å²) in [4.78, 5) is 21.9. The summed E-state index contributed by atoms with van der Waals surface area (Å²) in [5.41, 5.74) is -0.213. The summed E-state index contributed by atoms with van der Waals surface area (Å²) in [6, 6.07) is -0.346. The molecule has 0 aromatic rings. The number of carbonyl (C=O) groups excluding carboxylic acids is 1. The summed E-state index contributed by atoms with van der Waals surface area (Å²) in [5.74, 6) is -1.50. The van der Waals surface area contributed by atoms with Crippen LogP contribution in [0, 0.1) is 5.92 Å². The maximum atomic E-state index is 11.4. The second-order valence-corrected chi connectivity index (χ2v) is 4.54. The minimum atomic E-state index is -0.919. The molecule has 3 N–H and O–H groups in total. The lowest BCUT2D eigenvalue weighted by Crippen LogP contribution is -2.51. The summed E-state index contributed by atoms with van der Waals surface area (Å²) in [5, 5.41) is 13.9. The van der Waals surface area contributed by atoms with Gasteiger partial charge in [0, 0.05) is 20.2 Å². The van der Waals surface area contributed by atoms with E-state index in [1.54, 1.807) is 14.0 Å². The number of aliphatic carboxylic acids is 1. The molecule has 0 spiro atoms. The van der Waals surface area contributed by atoms with Crippen molar-refractivity contribution in [3.63, 3.8) is 0 Å². The molecule has 6 nitrogen and oxygen atoms in total. The van der Waals surface area contributed by atoms with Crippen molar-refractivity contribution in [1.82, 2.24) is 10.6 Å². The van der Waals surface area contributed by atoms with Crippen LogP contribution in [0.2, 0.25) is 0 Å². The van der Waals surface area contributed by atoms with Crippen LogP contribution in [0.4, 0.5) is 4.79 Å². The fourth-order valence-corrected chi connectivity index (χ4v) is 1.66. The van der Waals surface area contributed by atoms with Crippen molar-refractivity contribution in [2.75, 3.05) is 20.2 Å². The van der Waals surface area contributed by atoms with Gasteiger partial charge in [-0.15, -0.1) is 0 Å². The van der Waals surface area contributed by atoms with Crippen molar-refractivity contribution in [2.45, 2.75) is 31.8 Å². The zero-order valence-corrected chi connectivity index (χ0v) is 10.3. The zero-order chi connectivity index (χ0) is 12.9. The van der Waals surface area contributed by atoms with Gasteiger partial charge in [0.25, 0.3) is 0 Å². The molecule has 2 amide bonds. The molecule has 0 bridgehead atoms. The normalized spacial score (nSPS) is 18.9. The Kier molecular flexibility index (Phi) is 4.74. The molecule has 1 aliphatic carbocycles. The van der Waals surface area contributed by atoms with E-state index in [1.807, 2.05) is 0 Å². The Morgan fingerprint density at radius 1 is 1.41 bits per heavy atom. The Bertz CT molecular complexity index is 284. The molecule has 0 radical (unpaired) electrons. The summed E-state index contributed by atoms with van der Waals surface area (Å²) in [7, 11) is 1.64. The summed E-state index contributed by atoms with van der Waals surface area (Å²) in [6.07, 6.45) is 3.03. The monoisotopic (exact) mass is 244 g/mol. The molecule has 1 unspecified atom stereocenters. The summed E-state index contributed by atoms with van der Waals surface area (Å²) < 4.78 is 5.35. The highest BCUT2D eigenvalue weighted by Gasteiger charge is 2.37. The van der Waals surface area contributed by atoms with Crippen molar-refractivity contribution in [2.24, 2.45) is 5.92 Å². The molecule has 1 rings (SSSR count). The van der Waals surface area contributed by atoms with Crippen molar-refractivity contribution >= 4 is 12.0 Å². The third kappa shape index (κ3) is 3.89. The van der Waals surface area contributed by atoms with Crippen LogP contribution in [0.1, 0.15) is 26.2 Å². The minimum absolute atomic E-state index is 0.126. The van der Waals surface area contributed by atoms with E-state index in [1.165, 1.54) is 0 Å². The van der Waals surface area contributed by atoms with E-state index in [0.717, 1.165) is 19.3 Å². The Morgan fingerprint density at radius 2 is 2.06 bits per heavy atom. The molecule has 1 atom stereocenters. The first-order chi connectivity index (χ1) is 7.99. The molecule has 1 fully saturated rings. The van der Waals surface area contributed by atoms with Gasteiger partial charge in [0.05, 0.1) is 11.5 Å². The van der Waals surface area contributed by atoms with Crippen LogP contribution in [0.5, 0.6) is 0 Å². The van der Waals surface area contributed by atoms with Crippen LogP contribution in [-0.4, -0.2) is 42.9 Å². The average molecular weight is 244 g/mol. The van der Waals surface area contributed by atoms with Gasteiger partial charge in [-0.1, -0.05) is 6.92 Å². The molecular formula is C11H20N2O4. The lowest BCUT2D eigenvalue weighted by atomic mass is 9.80. The Balaban J connectivity index is 2.19. The number of carboxylic acid groups (broad SMARTS) is 1. The maximum absolute atomic E-state index is 11.4. The van der Waals surface area contributed by atoms with Gasteiger partial charge in [0.2, 0.25) is 0 Å². The smallest absolute Gasteiger partial charge is 0.314 e. The summed E-state index contributed by atoms with van der Waals surface area (Å²) in [6.45, 7) is 2.14. The van der Waals surface area contributed by atoms with E-state index in [4.69, 9.17) is 9.84 Å². The van der Waals surface area contributed by atoms with Gasteiger partial charge in [-0.25, -0.2) is 4.79 Å². The van der Waals surface area contributed by atoms with E-state index < -0.39 is 11.9 Å². The number of rotatable bonds is 6. The topological polar surface area (TPSA) is 87.7 Å². The molecule has 6 heteroatoms. The number of hydrogen-bond donors (Lipinski definition) is 3. The van der Waals surface area contributed by atoms with Gasteiger partial charge in [0.1, 0.15) is 0 Å². The Morgan fingerprint density at radius 3 is 2.47 bits per heavy atom. The van der Waals surface area contributed by atoms with Crippen LogP contribution >= 0.6 is 0 Å². The predicted molar refractivity (Wildman–Crippen MR) is 61.8 cm³/mol. The minimum Gasteiger partial charge on any atom is -0.481 e. The van der Waals surface area contributed by atoms with Crippen molar-refractivity contribution in [1.29, 1.82) is 0 Å². The molecule has 0 aromatic carbocycles. The number of methoxy groups -OCH3 is 1. The average Bonchev–Trinajstić information content (AvgIpc) is 2.24. The lowest BCUT2D eigenvalue weighted by Gasteiger charge is -2.40. The third-order valence-electron chi connectivity index (χ3n) is 3.26. The SMILES string of the molecule is COC1(CNC(=O)NCC(C)C(=O)O)CCC1. The van der Waals surface area contributed by atoms with E-state index >= 15 is 0 Å². The Labute approximate surface area is 101 Å². The van der Waals surface area contributed by atoms with Crippen molar-refractivity contribution in [3.05, 3.63) is 0 Å². The van der Waals surface area contributed by atoms with Gasteiger partial charge < -0.3 is 20.5 Å². The number of carbonyl (C=O) groups is 2. The predicted octanol–water partition coefficient (Wildman–Crippen LogP) is 0.575. The van der Waals surface area contributed by atoms with Gasteiger partial charge >= 0.3 is 12.0 Å². The molecule has 1 saturated carbocycles. The standard InChI is InChI=1S/C11H20N2O4/c1-8(9(14)15)6-12-10(16)13-7-11(17-2)4-3-5-11/h8H,3-7H2,1-2H3,(H,14,15)(H2,12,13,16). The quantitative estimate of drug-likeness (QED) is 0.637. The van der Waals surface area contributed by atoms with Crippen LogP contribution < -0.4 is 10.6 Å². The van der Waals surface area contributed by atoms with E-state index in [9.17, 15) is 9.59 Å². The lowest BCUT2D eigenvalue weighted by molar-refractivity contribution is -0.140. The number of carboxylic acids is 1. The van der Waals surface area contributed by atoms with Gasteiger partial charge in [-0.2, -0.15) is 0 Å². The van der Waals surface area contributed by atoms with Crippen LogP contribution in [0.25, 0.3) is 0 Å². The number of ether oxygens (including phenoxy) is 1. The Hall–Kier alpha value is -1.30. The highest BCUT2D eigenvalue weighted by Crippen LogP contribution is 2.34. The molecule has 98 valence electrons. The van der Waals surface area contributed by atoms with Crippen molar-refractivity contribution in [3.8, 4) is 0 Å².